The van der Waals surface area contributed by atoms with Gasteiger partial charge in [0.1, 0.15) is 0 Å². The van der Waals surface area contributed by atoms with E-state index in [0.717, 1.165) is 25.5 Å². The molecule has 0 rings (SSSR count). The molecule has 0 bridgehead atoms. The van der Waals surface area contributed by atoms with Crippen LogP contribution in [-0.4, -0.2) is 19.1 Å². The molecule has 0 amide bonds. The zero-order valence-electron chi connectivity index (χ0n) is 9.02. The van der Waals surface area contributed by atoms with Crippen LogP contribution in [0.4, 0.5) is 0 Å². The number of halogens is 1. The zero-order valence-corrected chi connectivity index (χ0v) is 9.78. The summed E-state index contributed by atoms with van der Waals surface area (Å²) in [6.45, 7) is 6.19. The van der Waals surface area contributed by atoms with E-state index >= 15 is 0 Å². The number of rotatable bonds is 9. The second kappa shape index (κ2) is 10.3. The van der Waals surface area contributed by atoms with Crippen LogP contribution in [0.5, 0.6) is 0 Å². The summed E-state index contributed by atoms with van der Waals surface area (Å²) in [7, 11) is 0. The van der Waals surface area contributed by atoms with Crippen LogP contribution in [0.25, 0.3) is 0 Å². The molecule has 0 radical (unpaired) electrons. The molecule has 0 aliphatic heterocycles. The Morgan fingerprint density at radius 3 is 2.38 bits per heavy atom. The first-order valence-electron chi connectivity index (χ1n) is 5.48. The van der Waals surface area contributed by atoms with E-state index in [1.165, 1.54) is 25.7 Å². The van der Waals surface area contributed by atoms with Crippen molar-refractivity contribution in [1.82, 2.24) is 0 Å². The van der Waals surface area contributed by atoms with Gasteiger partial charge in [-0.3, -0.25) is 0 Å². The fourth-order valence-corrected chi connectivity index (χ4v) is 1.61. The molecule has 0 saturated heterocycles. The number of ether oxygens (including phenoxy) is 1. The van der Waals surface area contributed by atoms with Crippen LogP contribution < -0.4 is 0 Å². The maximum absolute atomic E-state index is 5.83. The van der Waals surface area contributed by atoms with Crippen LogP contribution >= 0.6 is 11.6 Å². The van der Waals surface area contributed by atoms with E-state index in [1.54, 1.807) is 0 Å². The topological polar surface area (TPSA) is 9.23 Å². The average Bonchev–Trinajstić information content (AvgIpc) is 2.16. The van der Waals surface area contributed by atoms with Gasteiger partial charge in [0.2, 0.25) is 0 Å². The van der Waals surface area contributed by atoms with Crippen molar-refractivity contribution in [3.05, 3.63) is 0 Å². The highest BCUT2D eigenvalue weighted by molar-refractivity contribution is 6.18. The van der Waals surface area contributed by atoms with E-state index < -0.39 is 0 Å². The van der Waals surface area contributed by atoms with E-state index in [4.69, 9.17) is 16.3 Å². The average molecular weight is 207 g/mol. The molecule has 1 unspecified atom stereocenters. The third kappa shape index (κ3) is 8.58. The lowest BCUT2D eigenvalue weighted by molar-refractivity contribution is 0.118. The molecule has 0 aliphatic carbocycles. The van der Waals surface area contributed by atoms with Crippen molar-refractivity contribution in [1.29, 1.82) is 0 Å². The monoisotopic (exact) mass is 206 g/mol. The Bertz CT molecular complexity index is 96.1. The second-order valence-electron chi connectivity index (χ2n) is 3.56. The van der Waals surface area contributed by atoms with Gasteiger partial charge in [0, 0.05) is 19.1 Å². The number of hydrogen-bond acceptors (Lipinski definition) is 1. The number of alkyl halides is 1. The van der Waals surface area contributed by atoms with E-state index in [9.17, 15) is 0 Å². The summed E-state index contributed by atoms with van der Waals surface area (Å²) >= 11 is 5.83. The van der Waals surface area contributed by atoms with Gasteiger partial charge in [-0.05, 0) is 25.2 Å². The maximum atomic E-state index is 5.83. The molecule has 0 aromatic rings. The van der Waals surface area contributed by atoms with Crippen molar-refractivity contribution < 1.29 is 4.74 Å². The summed E-state index contributed by atoms with van der Waals surface area (Å²) in [6, 6.07) is 0. The molecule has 0 saturated carbocycles. The quantitative estimate of drug-likeness (QED) is 0.411. The summed E-state index contributed by atoms with van der Waals surface area (Å²) in [5, 5.41) is 0. The Morgan fingerprint density at radius 1 is 1.08 bits per heavy atom. The van der Waals surface area contributed by atoms with Gasteiger partial charge >= 0.3 is 0 Å². The fraction of sp³-hybridized carbons (Fsp3) is 1.00. The van der Waals surface area contributed by atoms with Crippen LogP contribution in [0.15, 0.2) is 0 Å². The highest BCUT2D eigenvalue weighted by Gasteiger charge is 2.05. The van der Waals surface area contributed by atoms with E-state index in [-0.39, 0.29) is 0 Å². The van der Waals surface area contributed by atoms with Gasteiger partial charge in [0.05, 0.1) is 0 Å². The Hall–Kier alpha value is 0.250. The molecule has 0 aromatic carbocycles. The third-order valence-electron chi connectivity index (χ3n) is 2.23. The Morgan fingerprint density at radius 2 is 1.85 bits per heavy atom. The smallest absolute Gasteiger partial charge is 0.0469 e. The van der Waals surface area contributed by atoms with E-state index in [1.807, 2.05) is 0 Å². The summed E-state index contributed by atoms with van der Waals surface area (Å²) < 4.78 is 5.49. The lowest BCUT2D eigenvalue weighted by atomic mass is 10.0. The largest absolute Gasteiger partial charge is 0.381 e. The molecule has 2 heteroatoms. The molecule has 80 valence electrons. The van der Waals surface area contributed by atoms with Gasteiger partial charge in [0.15, 0.2) is 0 Å². The molecule has 0 heterocycles. The van der Waals surface area contributed by atoms with Crippen molar-refractivity contribution in [2.75, 3.05) is 19.1 Å². The predicted molar refractivity (Wildman–Crippen MR) is 59.5 cm³/mol. The van der Waals surface area contributed by atoms with Gasteiger partial charge in [0.25, 0.3) is 0 Å². The third-order valence-corrected chi connectivity index (χ3v) is 2.66. The van der Waals surface area contributed by atoms with Crippen molar-refractivity contribution in [3.63, 3.8) is 0 Å². The summed E-state index contributed by atoms with van der Waals surface area (Å²) in [4.78, 5) is 0. The van der Waals surface area contributed by atoms with Crippen LogP contribution in [0.3, 0.4) is 0 Å². The van der Waals surface area contributed by atoms with Gasteiger partial charge in [-0.15, -0.1) is 11.6 Å². The molecule has 13 heavy (non-hydrogen) atoms. The molecular formula is C11H23ClO. The summed E-state index contributed by atoms with van der Waals surface area (Å²) in [5.74, 6) is 1.44. The maximum Gasteiger partial charge on any atom is 0.0469 e. The number of hydrogen-bond donors (Lipinski definition) is 0. The lowest BCUT2D eigenvalue weighted by Crippen LogP contribution is -2.07. The molecule has 0 aromatic heterocycles. The van der Waals surface area contributed by atoms with Crippen LogP contribution in [0.1, 0.15) is 46.0 Å². The minimum Gasteiger partial charge on any atom is -0.381 e. The Labute approximate surface area is 87.8 Å². The van der Waals surface area contributed by atoms with Crippen molar-refractivity contribution in [2.45, 2.75) is 46.0 Å². The molecule has 0 aliphatic rings. The lowest BCUT2D eigenvalue weighted by Gasteiger charge is -2.12. The summed E-state index contributed by atoms with van der Waals surface area (Å²) in [5.41, 5.74) is 0. The highest BCUT2D eigenvalue weighted by Crippen LogP contribution is 2.12. The first-order valence-corrected chi connectivity index (χ1v) is 6.02. The van der Waals surface area contributed by atoms with Gasteiger partial charge < -0.3 is 4.74 Å². The van der Waals surface area contributed by atoms with E-state index in [2.05, 4.69) is 13.8 Å². The van der Waals surface area contributed by atoms with Crippen molar-refractivity contribution in [2.24, 2.45) is 5.92 Å². The normalized spacial score (nSPS) is 13.2. The SMILES string of the molecule is CCCCOCCC(CCl)CCC. The Kier molecular flexibility index (Phi) is 10.5. The van der Waals surface area contributed by atoms with Gasteiger partial charge in [-0.1, -0.05) is 26.7 Å². The van der Waals surface area contributed by atoms with Crippen LogP contribution in [0, 0.1) is 5.92 Å². The fourth-order valence-electron chi connectivity index (χ4n) is 1.31. The summed E-state index contributed by atoms with van der Waals surface area (Å²) in [6.07, 6.45) is 5.99. The first-order chi connectivity index (χ1) is 6.35. The molecular weight excluding hydrogens is 184 g/mol. The second-order valence-corrected chi connectivity index (χ2v) is 3.87. The van der Waals surface area contributed by atoms with Crippen molar-refractivity contribution >= 4 is 11.6 Å². The predicted octanol–water partition coefficient (Wildman–Crippen LogP) is 3.85. The molecule has 0 fully saturated rings. The van der Waals surface area contributed by atoms with Gasteiger partial charge in [-0.25, -0.2) is 0 Å². The Balaban J connectivity index is 3.17. The van der Waals surface area contributed by atoms with Crippen molar-refractivity contribution in [3.8, 4) is 0 Å². The minimum absolute atomic E-state index is 0.660. The molecule has 0 N–H and O–H groups in total. The first kappa shape index (κ1) is 13.2. The number of unbranched alkanes of at least 4 members (excludes halogenated alkanes) is 1. The minimum atomic E-state index is 0.660. The highest BCUT2D eigenvalue weighted by atomic mass is 35.5. The molecule has 0 spiro atoms. The molecule has 1 atom stereocenters. The van der Waals surface area contributed by atoms with Crippen LogP contribution in [-0.2, 0) is 4.74 Å². The van der Waals surface area contributed by atoms with Gasteiger partial charge in [-0.2, -0.15) is 0 Å². The standard InChI is InChI=1S/C11H23ClO/c1-3-5-8-13-9-7-11(10-12)6-4-2/h11H,3-10H2,1-2H3. The zero-order chi connectivity index (χ0) is 9.94. The molecule has 1 nitrogen and oxygen atoms in total. The van der Waals surface area contributed by atoms with Crippen LogP contribution in [0.2, 0.25) is 0 Å². The van der Waals surface area contributed by atoms with E-state index in [0.29, 0.717) is 5.92 Å².